The van der Waals surface area contributed by atoms with E-state index in [1.807, 2.05) is 0 Å². The number of halogens is 3. The molecule has 17 heavy (non-hydrogen) atoms. The lowest BCUT2D eigenvalue weighted by molar-refractivity contribution is -0.0328. The van der Waals surface area contributed by atoms with Crippen LogP contribution in [0.2, 0.25) is 0 Å². The molecule has 0 atom stereocenters. The largest absolute Gasteiger partial charge is 0.446 e. The average molecular weight is 261 g/mol. The molecule has 0 bridgehead atoms. The van der Waals surface area contributed by atoms with Gasteiger partial charge in [0.15, 0.2) is 0 Å². The van der Waals surface area contributed by atoms with Gasteiger partial charge in [0, 0.05) is 16.6 Å². The normalized spacial score (nSPS) is 17.4. The third kappa shape index (κ3) is 4.15. The van der Waals surface area contributed by atoms with Gasteiger partial charge in [0.05, 0.1) is 0 Å². The van der Waals surface area contributed by atoms with E-state index in [0.29, 0.717) is 6.04 Å². The summed E-state index contributed by atoms with van der Waals surface area (Å²) >= 11 is -0.0756. The van der Waals surface area contributed by atoms with Crippen LogP contribution in [0.5, 0.6) is 0 Å². The van der Waals surface area contributed by atoms with E-state index in [4.69, 9.17) is 0 Å². The van der Waals surface area contributed by atoms with Crippen molar-refractivity contribution in [2.24, 2.45) is 0 Å². The number of anilines is 1. The Balaban J connectivity index is 1.93. The molecule has 1 aliphatic rings. The maximum atomic E-state index is 12.1. The molecule has 5 heteroatoms. The molecule has 1 aliphatic carbocycles. The van der Waals surface area contributed by atoms with Crippen LogP contribution < -0.4 is 5.32 Å². The molecular weight excluding hydrogens is 247 g/mol. The number of nitrogens with one attached hydrogen (secondary N) is 1. The molecule has 0 heterocycles. The summed E-state index contributed by atoms with van der Waals surface area (Å²) in [6.07, 6.45) is 4.78. The number of hydrogen-bond acceptors (Lipinski definition) is 2. The van der Waals surface area contributed by atoms with Gasteiger partial charge in [0.1, 0.15) is 0 Å². The van der Waals surface area contributed by atoms with E-state index >= 15 is 0 Å². The minimum atomic E-state index is -4.21. The number of thioether (sulfide) groups is 1. The molecule has 0 radical (unpaired) electrons. The van der Waals surface area contributed by atoms with Crippen LogP contribution in [-0.4, -0.2) is 11.6 Å². The highest BCUT2D eigenvalue weighted by Crippen LogP contribution is 2.37. The maximum Gasteiger partial charge on any atom is 0.446 e. The first kappa shape index (κ1) is 12.6. The molecule has 1 fully saturated rings. The zero-order valence-corrected chi connectivity index (χ0v) is 10.1. The van der Waals surface area contributed by atoms with Gasteiger partial charge < -0.3 is 5.32 Å². The van der Waals surface area contributed by atoms with Gasteiger partial charge in [-0.25, -0.2) is 0 Å². The van der Waals surface area contributed by atoms with Gasteiger partial charge in [-0.1, -0.05) is 12.8 Å². The van der Waals surface area contributed by atoms with E-state index in [1.54, 1.807) is 12.1 Å². The zero-order valence-electron chi connectivity index (χ0n) is 9.26. The van der Waals surface area contributed by atoms with Gasteiger partial charge in [-0.3, -0.25) is 0 Å². The van der Waals surface area contributed by atoms with E-state index in [9.17, 15) is 13.2 Å². The SMILES string of the molecule is FC(F)(F)Sc1ccc(NC2CCCC2)cc1. The second kappa shape index (κ2) is 5.21. The Hall–Kier alpha value is -0.840. The van der Waals surface area contributed by atoms with Gasteiger partial charge in [-0.05, 0) is 48.9 Å². The van der Waals surface area contributed by atoms with Gasteiger partial charge >= 0.3 is 5.51 Å². The predicted octanol–water partition coefficient (Wildman–Crippen LogP) is 4.65. The first-order valence-corrected chi connectivity index (χ1v) is 6.47. The minimum absolute atomic E-state index is 0.0756. The van der Waals surface area contributed by atoms with Crippen molar-refractivity contribution in [3.63, 3.8) is 0 Å². The quantitative estimate of drug-likeness (QED) is 0.795. The summed E-state index contributed by atoms with van der Waals surface area (Å²) in [5, 5.41) is 3.34. The highest BCUT2D eigenvalue weighted by molar-refractivity contribution is 8.00. The van der Waals surface area contributed by atoms with Gasteiger partial charge in [0.25, 0.3) is 0 Å². The molecule has 0 aliphatic heterocycles. The van der Waals surface area contributed by atoms with Crippen LogP contribution in [0.1, 0.15) is 25.7 Å². The van der Waals surface area contributed by atoms with Crippen LogP contribution in [0.15, 0.2) is 29.2 Å². The van der Waals surface area contributed by atoms with Gasteiger partial charge in [-0.15, -0.1) is 0 Å². The molecule has 0 unspecified atom stereocenters. The smallest absolute Gasteiger partial charge is 0.382 e. The number of alkyl halides is 3. The third-order valence-electron chi connectivity index (χ3n) is 2.81. The first-order chi connectivity index (χ1) is 8.03. The maximum absolute atomic E-state index is 12.1. The Morgan fingerprint density at radius 1 is 1.06 bits per heavy atom. The second-order valence-corrected chi connectivity index (χ2v) is 5.34. The number of hydrogen-bond donors (Lipinski definition) is 1. The summed E-state index contributed by atoms with van der Waals surface area (Å²) in [4.78, 5) is 0.231. The van der Waals surface area contributed by atoms with E-state index in [2.05, 4.69) is 5.32 Å². The molecule has 0 saturated heterocycles. The lowest BCUT2D eigenvalue weighted by atomic mass is 10.2. The summed E-state index contributed by atoms with van der Waals surface area (Å²) < 4.78 is 36.4. The summed E-state index contributed by atoms with van der Waals surface area (Å²) in [5.74, 6) is 0. The summed E-state index contributed by atoms with van der Waals surface area (Å²) in [5.41, 5.74) is -3.30. The van der Waals surface area contributed by atoms with Crippen molar-refractivity contribution < 1.29 is 13.2 Å². The van der Waals surface area contributed by atoms with E-state index in [0.717, 1.165) is 18.5 Å². The standard InChI is InChI=1S/C12H14F3NS/c13-12(14,15)17-11-7-5-10(6-8-11)16-9-3-1-2-4-9/h5-9,16H,1-4H2. The van der Waals surface area contributed by atoms with Crippen LogP contribution in [0.25, 0.3) is 0 Å². The van der Waals surface area contributed by atoms with Crippen molar-refractivity contribution in [3.8, 4) is 0 Å². The molecule has 2 rings (SSSR count). The molecule has 1 nitrogen and oxygen atoms in total. The first-order valence-electron chi connectivity index (χ1n) is 5.65. The monoisotopic (exact) mass is 261 g/mol. The molecule has 0 amide bonds. The predicted molar refractivity (Wildman–Crippen MR) is 64.2 cm³/mol. The highest BCUT2D eigenvalue weighted by Gasteiger charge is 2.29. The highest BCUT2D eigenvalue weighted by atomic mass is 32.2. The van der Waals surface area contributed by atoms with Crippen LogP contribution >= 0.6 is 11.8 Å². The van der Waals surface area contributed by atoms with E-state index < -0.39 is 5.51 Å². The van der Waals surface area contributed by atoms with E-state index in [1.165, 1.54) is 25.0 Å². The molecular formula is C12H14F3NS. The molecule has 1 N–H and O–H groups in total. The molecule has 94 valence electrons. The number of rotatable bonds is 3. The van der Waals surface area contributed by atoms with Crippen LogP contribution in [0.4, 0.5) is 18.9 Å². The Labute approximate surface area is 103 Å². The fourth-order valence-corrected chi connectivity index (χ4v) is 2.60. The molecule has 1 aromatic rings. The van der Waals surface area contributed by atoms with Crippen molar-refractivity contribution in [1.82, 2.24) is 0 Å². The van der Waals surface area contributed by atoms with Gasteiger partial charge in [-0.2, -0.15) is 13.2 Å². The van der Waals surface area contributed by atoms with E-state index in [-0.39, 0.29) is 16.7 Å². The summed E-state index contributed by atoms with van der Waals surface area (Å²) in [6.45, 7) is 0. The van der Waals surface area contributed by atoms with Crippen LogP contribution in [0.3, 0.4) is 0 Å². The van der Waals surface area contributed by atoms with Gasteiger partial charge in [0.2, 0.25) is 0 Å². The summed E-state index contributed by atoms with van der Waals surface area (Å²) in [7, 11) is 0. The third-order valence-corrected chi connectivity index (χ3v) is 3.55. The molecule has 1 aromatic carbocycles. The summed E-state index contributed by atoms with van der Waals surface area (Å²) in [6, 6.07) is 6.93. The Kier molecular flexibility index (Phi) is 3.86. The van der Waals surface area contributed by atoms with Crippen molar-refractivity contribution in [1.29, 1.82) is 0 Å². The van der Waals surface area contributed by atoms with Crippen molar-refractivity contribution >= 4 is 17.4 Å². The minimum Gasteiger partial charge on any atom is -0.382 e. The van der Waals surface area contributed by atoms with Crippen molar-refractivity contribution in [3.05, 3.63) is 24.3 Å². The molecule has 0 spiro atoms. The topological polar surface area (TPSA) is 12.0 Å². The van der Waals surface area contributed by atoms with Crippen molar-refractivity contribution in [2.45, 2.75) is 42.1 Å². The number of benzene rings is 1. The van der Waals surface area contributed by atoms with Crippen molar-refractivity contribution in [2.75, 3.05) is 5.32 Å². The molecule has 1 saturated carbocycles. The lowest BCUT2D eigenvalue weighted by Crippen LogP contribution is -2.14. The lowest BCUT2D eigenvalue weighted by Gasteiger charge is -2.13. The molecule has 0 aromatic heterocycles. The second-order valence-electron chi connectivity index (χ2n) is 4.20. The van der Waals surface area contributed by atoms with Crippen LogP contribution in [-0.2, 0) is 0 Å². The Bertz CT molecular complexity index is 355. The fourth-order valence-electron chi connectivity index (χ4n) is 2.06. The average Bonchev–Trinajstić information content (AvgIpc) is 2.71. The Morgan fingerprint density at radius 2 is 1.65 bits per heavy atom. The van der Waals surface area contributed by atoms with Crippen LogP contribution in [0, 0.1) is 0 Å². The zero-order chi connectivity index (χ0) is 12.3. The fraction of sp³-hybridized carbons (Fsp3) is 0.500. The Morgan fingerprint density at radius 3 is 2.18 bits per heavy atom.